The molecule has 1 atom stereocenters. The zero-order valence-corrected chi connectivity index (χ0v) is 20.3. The molecule has 0 radical (unpaired) electrons. The molecule has 6 nitrogen and oxygen atoms in total. The zero-order valence-electron chi connectivity index (χ0n) is 17.9. The van der Waals surface area contributed by atoms with E-state index in [1.165, 1.54) is 17.2 Å². The maximum absolute atomic E-state index is 13.7. The van der Waals surface area contributed by atoms with Crippen molar-refractivity contribution in [3.05, 3.63) is 65.5 Å². The van der Waals surface area contributed by atoms with Crippen LogP contribution in [0.3, 0.4) is 0 Å². The van der Waals surface area contributed by atoms with Crippen LogP contribution in [-0.2, 0) is 17.9 Å². The number of carbonyl (C=O) groups excluding carboxylic acids is 1. The van der Waals surface area contributed by atoms with Gasteiger partial charge in [-0.3, -0.25) is 9.79 Å². The molecule has 31 heavy (non-hydrogen) atoms. The largest absolute Gasteiger partial charge is 0.486 e. The number of ether oxygens (including phenoxy) is 1. The fraction of sp³-hybridized carbons (Fsp3) is 0.391. The van der Waals surface area contributed by atoms with E-state index in [4.69, 9.17) is 4.74 Å². The molecule has 0 saturated heterocycles. The molecule has 2 aromatic carbocycles. The molecular formula is C23H30FIN4O2. The van der Waals surface area contributed by atoms with Crippen LogP contribution in [0.4, 0.5) is 4.39 Å². The SMILES string of the molecule is CN=C(NCCCC(=O)N1Cc2ccccc2C1)NCC(C)Oc1ccccc1F.I. The number of fused-ring (bicyclic) bond motifs is 1. The van der Waals surface area contributed by atoms with Gasteiger partial charge in [0, 0.05) is 33.1 Å². The molecule has 0 bridgehead atoms. The number of hydrogen-bond acceptors (Lipinski definition) is 3. The van der Waals surface area contributed by atoms with Crippen LogP contribution in [0, 0.1) is 5.82 Å². The summed E-state index contributed by atoms with van der Waals surface area (Å²) in [6.07, 6.45) is 0.970. The molecule has 8 heteroatoms. The van der Waals surface area contributed by atoms with Crippen molar-refractivity contribution in [1.82, 2.24) is 15.5 Å². The Labute approximate surface area is 200 Å². The maximum atomic E-state index is 13.7. The van der Waals surface area contributed by atoms with Crippen molar-refractivity contribution in [2.24, 2.45) is 4.99 Å². The summed E-state index contributed by atoms with van der Waals surface area (Å²) in [5.41, 5.74) is 2.47. The molecule has 2 N–H and O–H groups in total. The van der Waals surface area contributed by atoms with Gasteiger partial charge in [-0.1, -0.05) is 36.4 Å². The molecular weight excluding hydrogens is 510 g/mol. The Kier molecular flexibility index (Phi) is 10.0. The number of para-hydroxylation sites is 1. The van der Waals surface area contributed by atoms with Crippen LogP contribution in [0.25, 0.3) is 0 Å². The van der Waals surface area contributed by atoms with E-state index < -0.39 is 0 Å². The fourth-order valence-corrected chi connectivity index (χ4v) is 3.37. The van der Waals surface area contributed by atoms with Crippen LogP contribution in [0.5, 0.6) is 5.75 Å². The summed E-state index contributed by atoms with van der Waals surface area (Å²) >= 11 is 0. The van der Waals surface area contributed by atoms with E-state index in [0.717, 1.165) is 0 Å². The van der Waals surface area contributed by atoms with Crippen molar-refractivity contribution in [3.8, 4) is 5.75 Å². The summed E-state index contributed by atoms with van der Waals surface area (Å²) in [5.74, 6) is 0.651. The zero-order chi connectivity index (χ0) is 21.3. The van der Waals surface area contributed by atoms with E-state index in [0.29, 0.717) is 45.0 Å². The number of halogens is 2. The lowest BCUT2D eigenvalue weighted by atomic mass is 10.1. The second-order valence-electron chi connectivity index (χ2n) is 7.36. The number of hydrogen-bond donors (Lipinski definition) is 2. The first kappa shape index (κ1) is 24.9. The van der Waals surface area contributed by atoms with Crippen LogP contribution < -0.4 is 15.4 Å². The summed E-state index contributed by atoms with van der Waals surface area (Å²) in [7, 11) is 1.68. The number of guanidine groups is 1. The summed E-state index contributed by atoms with van der Waals surface area (Å²) in [5, 5.41) is 6.36. The smallest absolute Gasteiger partial charge is 0.223 e. The molecule has 1 unspecified atom stereocenters. The molecule has 1 aliphatic rings. The number of rotatable bonds is 8. The predicted octanol–water partition coefficient (Wildman–Crippen LogP) is 3.70. The van der Waals surface area contributed by atoms with E-state index in [9.17, 15) is 9.18 Å². The summed E-state index contributed by atoms with van der Waals surface area (Å²) in [6.45, 7) is 4.37. The second-order valence-corrected chi connectivity index (χ2v) is 7.36. The highest BCUT2D eigenvalue weighted by atomic mass is 127. The van der Waals surface area contributed by atoms with Gasteiger partial charge in [0.1, 0.15) is 6.10 Å². The Hall–Kier alpha value is -2.36. The molecule has 2 aromatic rings. The molecule has 1 amide bonds. The van der Waals surface area contributed by atoms with Gasteiger partial charge in [0.25, 0.3) is 0 Å². The third kappa shape index (κ3) is 7.37. The van der Waals surface area contributed by atoms with Crippen LogP contribution >= 0.6 is 24.0 Å². The van der Waals surface area contributed by atoms with Crippen molar-refractivity contribution in [1.29, 1.82) is 0 Å². The maximum Gasteiger partial charge on any atom is 0.223 e. The molecule has 168 valence electrons. The second kappa shape index (κ2) is 12.5. The lowest BCUT2D eigenvalue weighted by Crippen LogP contribution is -2.42. The summed E-state index contributed by atoms with van der Waals surface area (Å²) in [6, 6.07) is 14.5. The van der Waals surface area contributed by atoms with Gasteiger partial charge < -0.3 is 20.3 Å². The van der Waals surface area contributed by atoms with E-state index >= 15 is 0 Å². The molecule has 0 fully saturated rings. The predicted molar refractivity (Wildman–Crippen MR) is 131 cm³/mol. The number of carbonyl (C=O) groups is 1. The highest BCUT2D eigenvalue weighted by Crippen LogP contribution is 2.22. The average molecular weight is 540 g/mol. The van der Waals surface area contributed by atoms with Gasteiger partial charge in [0.05, 0.1) is 6.54 Å². The van der Waals surface area contributed by atoms with Gasteiger partial charge in [-0.2, -0.15) is 0 Å². The van der Waals surface area contributed by atoms with Crippen molar-refractivity contribution < 1.29 is 13.9 Å². The number of nitrogens with one attached hydrogen (secondary N) is 2. The Morgan fingerprint density at radius 3 is 2.42 bits per heavy atom. The van der Waals surface area contributed by atoms with Gasteiger partial charge in [0.2, 0.25) is 5.91 Å². The molecule has 3 rings (SSSR count). The van der Waals surface area contributed by atoms with Gasteiger partial charge in [0.15, 0.2) is 17.5 Å². The van der Waals surface area contributed by atoms with E-state index in [-0.39, 0.29) is 47.6 Å². The van der Waals surface area contributed by atoms with Gasteiger partial charge in [-0.05, 0) is 36.6 Å². The number of benzene rings is 2. The summed E-state index contributed by atoms with van der Waals surface area (Å²) in [4.78, 5) is 18.5. The highest BCUT2D eigenvalue weighted by Gasteiger charge is 2.22. The normalized spacial score (nSPS) is 13.8. The molecule has 0 aromatic heterocycles. The lowest BCUT2D eigenvalue weighted by Gasteiger charge is -2.18. The van der Waals surface area contributed by atoms with Crippen LogP contribution in [-0.4, -0.2) is 43.0 Å². The van der Waals surface area contributed by atoms with Gasteiger partial charge in [-0.15, -0.1) is 24.0 Å². The first-order valence-corrected chi connectivity index (χ1v) is 10.3. The highest BCUT2D eigenvalue weighted by molar-refractivity contribution is 14.0. The van der Waals surface area contributed by atoms with Crippen LogP contribution in [0.15, 0.2) is 53.5 Å². The molecule has 1 heterocycles. The first-order valence-electron chi connectivity index (χ1n) is 10.3. The first-order chi connectivity index (χ1) is 14.6. The Morgan fingerprint density at radius 2 is 1.77 bits per heavy atom. The number of amides is 1. The van der Waals surface area contributed by atoms with Crippen molar-refractivity contribution in [2.45, 2.75) is 39.0 Å². The van der Waals surface area contributed by atoms with Crippen LogP contribution in [0.2, 0.25) is 0 Å². The number of aliphatic imine (C=N–C) groups is 1. The summed E-state index contributed by atoms with van der Waals surface area (Å²) < 4.78 is 19.3. The van der Waals surface area contributed by atoms with Gasteiger partial charge >= 0.3 is 0 Å². The minimum absolute atomic E-state index is 0. The van der Waals surface area contributed by atoms with Crippen molar-refractivity contribution >= 4 is 35.8 Å². The van der Waals surface area contributed by atoms with E-state index in [1.807, 2.05) is 24.0 Å². The Morgan fingerprint density at radius 1 is 1.13 bits per heavy atom. The van der Waals surface area contributed by atoms with Gasteiger partial charge in [-0.25, -0.2) is 4.39 Å². The fourth-order valence-electron chi connectivity index (χ4n) is 3.37. The number of nitrogens with zero attached hydrogens (tertiary/aromatic N) is 2. The van der Waals surface area contributed by atoms with E-state index in [1.54, 1.807) is 25.2 Å². The molecule has 1 aliphatic heterocycles. The third-order valence-electron chi connectivity index (χ3n) is 5.00. The standard InChI is InChI=1S/C23H29FN4O2.HI/c1-17(30-21-11-6-5-10-20(21)24)14-27-23(25-2)26-13-7-12-22(29)28-15-18-8-3-4-9-19(18)16-28;/h3-6,8-11,17H,7,12-16H2,1-2H3,(H2,25,26,27);1H. The lowest BCUT2D eigenvalue weighted by molar-refractivity contribution is -0.131. The van der Waals surface area contributed by atoms with E-state index in [2.05, 4.69) is 27.8 Å². The molecule has 0 spiro atoms. The minimum Gasteiger partial charge on any atom is -0.486 e. The Balaban J connectivity index is 0.00000341. The average Bonchev–Trinajstić information content (AvgIpc) is 3.19. The minimum atomic E-state index is -0.377. The molecule has 0 aliphatic carbocycles. The molecule has 0 saturated carbocycles. The van der Waals surface area contributed by atoms with Crippen molar-refractivity contribution in [3.63, 3.8) is 0 Å². The van der Waals surface area contributed by atoms with Crippen LogP contribution in [0.1, 0.15) is 30.9 Å². The monoisotopic (exact) mass is 540 g/mol. The van der Waals surface area contributed by atoms with Crippen molar-refractivity contribution in [2.75, 3.05) is 20.1 Å². The Bertz CT molecular complexity index is 868. The quantitative estimate of drug-likeness (QED) is 0.232. The third-order valence-corrected chi connectivity index (χ3v) is 5.00. The topological polar surface area (TPSA) is 66.0 Å².